The molecule has 0 saturated carbocycles. The van der Waals surface area contributed by atoms with Crippen LogP contribution in [0.5, 0.6) is 5.75 Å². The first-order valence-electron chi connectivity index (χ1n) is 7.24. The number of para-hydroxylation sites is 1. The fourth-order valence-electron chi connectivity index (χ4n) is 2.25. The first-order valence-corrected chi connectivity index (χ1v) is 7.24. The van der Waals surface area contributed by atoms with E-state index in [0.717, 1.165) is 0 Å². The van der Waals surface area contributed by atoms with Crippen LogP contribution in [0.25, 0.3) is 22.4 Å². The minimum atomic E-state index is -0.601. The number of fused-ring (bicyclic) bond motifs is 1. The molecule has 0 bridgehead atoms. The molecule has 1 amide bonds. The predicted molar refractivity (Wildman–Crippen MR) is 88.0 cm³/mol. The number of rotatable bonds is 3. The van der Waals surface area contributed by atoms with Crippen molar-refractivity contribution in [1.29, 1.82) is 0 Å². The molecule has 0 radical (unpaired) electrons. The van der Waals surface area contributed by atoms with Crippen LogP contribution >= 0.6 is 0 Å². The lowest BCUT2D eigenvalue weighted by Gasteiger charge is -2.10. The molecule has 0 atom stereocenters. The second kappa shape index (κ2) is 6.41. The summed E-state index contributed by atoms with van der Waals surface area (Å²) in [5.74, 6) is 0.130. The van der Waals surface area contributed by atoms with Gasteiger partial charge in [-0.25, -0.2) is 9.78 Å². The summed E-state index contributed by atoms with van der Waals surface area (Å²) >= 11 is 0. The largest absolute Gasteiger partial charge is 0.506 e. The Hall–Kier alpha value is -3.35. The van der Waals surface area contributed by atoms with Crippen molar-refractivity contribution in [2.45, 2.75) is 6.92 Å². The molecule has 0 saturated heterocycles. The number of nitrogens with zero attached hydrogens (tertiary/aromatic N) is 1. The van der Waals surface area contributed by atoms with E-state index in [0.29, 0.717) is 11.3 Å². The number of carbonyl (C=O) groups excluding carboxylic acids is 1. The summed E-state index contributed by atoms with van der Waals surface area (Å²) in [7, 11) is 0. The second-order valence-electron chi connectivity index (χ2n) is 4.91. The minimum absolute atomic E-state index is 0.0984. The van der Waals surface area contributed by atoms with Gasteiger partial charge in [0, 0.05) is 11.6 Å². The van der Waals surface area contributed by atoms with Crippen LogP contribution in [-0.2, 0) is 4.74 Å². The molecule has 122 valence electrons. The van der Waals surface area contributed by atoms with Gasteiger partial charge in [-0.05, 0) is 25.1 Å². The van der Waals surface area contributed by atoms with Crippen LogP contribution in [0.4, 0.5) is 10.5 Å². The van der Waals surface area contributed by atoms with Crippen molar-refractivity contribution in [3.8, 4) is 17.1 Å². The van der Waals surface area contributed by atoms with Gasteiger partial charge in [0.2, 0.25) is 5.71 Å². The number of aromatic nitrogens is 1. The van der Waals surface area contributed by atoms with Crippen LogP contribution in [0, 0.1) is 0 Å². The van der Waals surface area contributed by atoms with Crippen molar-refractivity contribution in [2.75, 3.05) is 11.9 Å². The minimum Gasteiger partial charge on any atom is -0.506 e. The van der Waals surface area contributed by atoms with Crippen molar-refractivity contribution in [3.63, 3.8) is 0 Å². The SMILES string of the molecule is CCOC(=O)Nc1ccccc1-c1cc(=O)c2cc(O)cnc2o1. The number of anilines is 1. The molecule has 0 fully saturated rings. The molecule has 3 aromatic rings. The van der Waals surface area contributed by atoms with Crippen molar-refractivity contribution in [1.82, 2.24) is 4.98 Å². The molecule has 0 aliphatic rings. The van der Waals surface area contributed by atoms with Gasteiger partial charge >= 0.3 is 6.09 Å². The van der Waals surface area contributed by atoms with Gasteiger partial charge in [0.1, 0.15) is 11.5 Å². The van der Waals surface area contributed by atoms with Crippen LogP contribution in [-0.4, -0.2) is 22.8 Å². The Morgan fingerprint density at radius 1 is 1.33 bits per heavy atom. The Bertz CT molecular complexity index is 965. The van der Waals surface area contributed by atoms with E-state index < -0.39 is 6.09 Å². The monoisotopic (exact) mass is 326 g/mol. The van der Waals surface area contributed by atoms with Crippen LogP contribution in [0.2, 0.25) is 0 Å². The quantitative estimate of drug-likeness (QED) is 0.766. The molecule has 3 rings (SSSR count). The summed E-state index contributed by atoms with van der Waals surface area (Å²) in [6.07, 6.45) is 0.591. The smallest absolute Gasteiger partial charge is 0.411 e. The average molecular weight is 326 g/mol. The third-order valence-corrected chi connectivity index (χ3v) is 3.28. The number of nitrogens with one attached hydrogen (secondary N) is 1. The third-order valence-electron chi connectivity index (χ3n) is 3.28. The summed E-state index contributed by atoms with van der Waals surface area (Å²) in [6, 6.07) is 9.43. The molecule has 1 aromatic carbocycles. The summed E-state index contributed by atoms with van der Waals surface area (Å²) < 4.78 is 10.5. The Balaban J connectivity index is 2.09. The predicted octanol–water partition coefficient (Wildman–Crippen LogP) is 3.13. The van der Waals surface area contributed by atoms with Crippen LogP contribution in [0.3, 0.4) is 0 Å². The molecule has 0 aliphatic carbocycles. The lowest BCUT2D eigenvalue weighted by Crippen LogP contribution is -2.14. The molecule has 2 aromatic heterocycles. The molecule has 7 nitrogen and oxygen atoms in total. The molecule has 2 heterocycles. The number of pyridine rings is 1. The fraction of sp³-hybridized carbons (Fsp3) is 0.118. The van der Waals surface area contributed by atoms with Gasteiger partial charge in [0.05, 0.1) is 23.9 Å². The number of ether oxygens (including phenoxy) is 1. The van der Waals surface area contributed by atoms with E-state index in [-0.39, 0.29) is 34.6 Å². The molecular weight excluding hydrogens is 312 g/mol. The Kier molecular flexibility index (Phi) is 4.15. The van der Waals surface area contributed by atoms with E-state index in [9.17, 15) is 14.7 Å². The molecule has 0 spiro atoms. The summed E-state index contributed by atoms with van der Waals surface area (Å²) in [5, 5.41) is 12.2. The highest BCUT2D eigenvalue weighted by Crippen LogP contribution is 2.29. The van der Waals surface area contributed by atoms with Gasteiger partial charge in [0.25, 0.3) is 0 Å². The van der Waals surface area contributed by atoms with E-state index in [2.05, 4.69) is 10.3 Å². The van der Waals surface area contributed by atoms with Gasteiger partial charge in [0.15, 0.2) is 5.43 Å². The Labute approximate surface area is 136 Å². The van der Waals surface area contributed by atoms with Crippen molar-refractivity contribution in [3.05, 3.63) is 52.8 Å². The van der Waals surface area contributed by atoms with Gasteiger partial charge in [-0.15, -0.1) is 0 Å². The van der Waals surface area contributed by atoms with Crippen molar-refractivity contribution in [2.24, 2.45) is 0 Å². The van der Waals surface area contributed by atoms with Crippen molar-refractivity contribution < 1.29 is 19.1 Å². The van der Waals surface area contributed by atoms with E-state index in [1.165, 1.54) is 18.3 Å². The standard InChI is InChI=1S/C17H14N2O5/c1-2-23-17(22)19-13-6-4-3-5-11(13)15-8-14(21)12-7-10(20)9-18-16(12)24-15/h3-9,20H,2H2,1H3,(H,19,22). The third kappa shape index (κ3) is 3.05. The number of carbonyl (C=O) groups is 1. The summed E-state index contributed by atoms with van der Waals surface area (Å²) in [4.78, 5) is 27.8. The zero-order chi connectivity index (χ0) is 17.1. The van der Waals surface area contributed by atoms with Gasteiger partial charge in [-0.3, -0.25) is 10.1 Å². The van der Waals surface area contributed by atoms with Gasteiger partial charge in [-0.1, -0.05) is 12.1 Å². The maximum atomic E-state index is 12.2. The number of hydrogen-bond acceptors (Lipinski definition) is 6. The lowest BCUT2D eigenvalue weighted by atomic mass is 10.1. The summed E-state index contributed by atoms with van der Waals surface area (Å²) in [6.45, 7) is 1.95. The number of hydrogen-bond donors (Lipinski definition) is 2. The fourth-order valence-corrected chi connectivity index (χ4v) is 2.25. The maximum absolute atomic E-state index is 12.2. The molecule has 7 heteroatoms. The first-order chi connectivity index (χ1) is 11.6. The average Bonchev–Trinajstić information content (AvgIpc) is 2.56. The van der Waals surface area contributed by atoms with E-state index in [1.807, 2.05) is 0 Å². The molecule has 2 N–H and O–H groups in total. The van der Waals surface area contributed by atoms with Gasteiger partial charge in [-0.2, -0.15) is 0 Å². The van der Waals surface area contributed by atoms with E-state index in [1.54, 1.807) is 31.2 Å². The maximum Gasteiger partial charge on any atom is 0.411 e. The molecule has 24 heavy (non-hydrogen) atoms. The van der Waals surface area contributed by atoms with E-state index in [4.69, 9.17) is 9.15 Å². The van der Waals surface area contributed by atoms with Crippen molar-refractivity contribution >= 4 is 22.9 Å². The normalized spacial score (nSPS) is 10.5. The first kappa shape index (κ1) is 15.5. The second-order valence-corrected chi connectivity index (χ2v) is 4.91. The number of benzene rings is 1. The molecule has 0 unspecified atom stereocenters. The highest BCUT2D eigenvalue weighted by Gasteiger charge is 2.13. The molecular formula is C17H14N2O5. The lowest BCUT2D eigenvalue weighted by molar-refractivity contribution is 0.168. The van der Waals surface area contributed by atoms with E-state index >= 15 is 0 Å². The Morgan fingerprint density at radius 3 is 2.92 bits per heavy atom. The van der Waals surface area contributed by atoms with Crippen LogP contribution in [0.15, 0.2) is 51.8 Å². The van der Waals surface area contributed by atoms with Gasteiger partial charge < -0.3 is 14.3 Å². The number of amides is 1. The van der Waals surface area contributed by atoms with Crippen LogP contribution in [0.1, 0.15) is 6.92 Å². The Morgan fingerprint density at radius 2 is 2.12 bits per heavy atom. The zero-order valence-electron chi connectivity index (χ0n) is 12.8. The topological polar surface area (TPSA) is 102 Å². The molecule has 0 aliphatic heterocycles. The summed E-state index contributed by atoms with van der Waals surface area (Å²) in [5.41, 5.74) is 0.707. The highest BCUT2D eigenvalue weighted by molar-refractivity contribution is 5.91. The van der Waals surface area contributed by atoms with Crippen LogP contribution < -0.4 is 10.7 Å². The number of aromatic hydroxyl groups is 1. The highest BCUT2D eigenvalue weighted by atomic mass is 16.5. The zero-order valence-corrected chi connectivity index (χ0v) is 12.8.